The Kier molecular flexibility index (Phi) is 4.74. The molecule has 5 nitrogen and oxygen atoms in total. The predicted molar refractivity (Wildman–Crippen MR) is 78.9 cm³/mol. The molecule has 1 heterocycles. The maximum absolute atomic E-state index is 12.1. The maximum atomic E-state index is 12.1. The summed E-state index contributed by atoms with van der Waals surface area (Å²) in [7, 11) is -3.57. The first-order valence-electron chi connectivity index (χ1n) is 5.66. The first kappa shape index (κ1) is 15.0. The van der Waals surface area contributed by atoms with E-state index in [9.17, 15) is 13.2 Å². The number of amides is 1. The Morgan fingerprint density at radius 3 is 2.75 bits per heavy atom. The van der Waals surface area contributed by atoms with Gasteiger partial charge in [0.05, 0.1) is 15.7 Å². The van der Waals surface area contributed by atoms with Crippen molar-refractivity contribution in [3.8, 4) is 0 Å². The lowest BCUT2D eigenvalue weighted by Crippen LogP contribution is -2.17. The van der Waals surface area contributed by atoms with Crippen LogP contribution in [0.25, 0.3) is 0 Å². The van der Waals surface area contributed by atoms with Gasteiger partial charge in [-0.05, 0) is 12.1 Å². The molecular weight excluding hydrogens is 320 g/mol. The largest absolute Gasteiger partial charge is 0.302 e. The van der Waals surface area contributed by atoms with E-state index in [1.165, 1.54) is 23.5 Å². The lowest BCUT2D eigenvalue weighted by Gasteiger charge is -2.06. The normalized spacial score (nSPS) is 11.2. The van der Waals surface area contributed by atoms with Crippen LogP contribution in [0.15, 0.2) is 40.7 Å². The minimum absolute atomic E-state index is 0.0451. The summed E-state index contributed by atoms with van der Waals surface area (Å²) in [6.07, 6.45) is 1.41. The first-order chi connectivity index (χ1) is 9.49. The number of hydrogen-bond acceptors (Lipinski definition) is 5. The zero-order chi connectivity index (χ0) is 14.6. The molecule has 1 aromatic heterocycles. The fourth-order valence-corrected chi connectivity index (χ4v) is 3.86. The highest BCUT2D eigenvalue weighted by Crippen LogP contribution is 2.22. The van der Waals surface area contributed by atoms with Crippen LogP contribution >= 0.6 is 22.9 Å². The molecule has 0 aliphatic rings. The molecule has 1 aromatic carbocycles. The van der Waals surface area contributed by atoms with Crippen molar-refractivity contribution >= 4 is 43.8 Å². The number of nitrogens with zero attached hydrogens (tertiary/aromatic N) is 1. The highest BCUT2D eigenvalue weighted by atomic mass is 35.5. The molecule has 0 atom stereocenters. The van der Waals surface area contributed by atoms with Crippen molar-refractivity contribution in [2.24, 2.45) is 0 Å². The van der Waals surface area contributed by atoms with E-state index in [-0.39, 0.29) is 22.1 Å². The summed E-state index contributed by atoms with van der Waals surface area (Å²) >= 11 is 7.12. The number of thiazole rings is 1. The van der Waals surface area contributed by atoms with Gasteiger partial charge in [0.2, 0.25) is 5.91 Å². The van der Waals surface area contributed by atoms with Crippen LogP contribution in [0.5, 0.6) is 0 Å². The van der Waals surface area contributed by atoms with Gasteiger partial charge in [0, 0.05) is 18.0 Å². The van der Waals surface area contributed by atoms with Crippen molar-refractivity contribution in [3.63, 3.8) is 0 Å². The minimum Gasteiger partial charge on any atom is -0.302 e. The fourth-order valence-electron chi connectivity index (χ4n) is 1.50. The van der Waals surface area contributed by atoms with Gasteiger partial charge in [-0.2, -0.15) is 0 Å². The molecule has 2 aromatic rings. The molecule has 0 spiro atoms. The Hall–Kier alpha value is -1.44. The number of nitrogens with one attached hydrogen (secondary N) is 1. The van der Waals surface area contributed by atoms with E-state index in [1.807, 2.05) is 0 Å². The number of anilines is 1. The van der Waals surface area contributed by atoms with Crippen LogP contribution in [-0.4, -0.2) is 25.1 Å². The Bertz CT molecular complexity index is 699. The van der Waals surface area contributed by atoms with Crippen LogP contribution in [-0.2, 0) is 14.6 Å². The third-order valence-electron chi connectivity index (χ3n) is 2.45. The van der Waals surface area contributed by atoms with Crippen molar-refractivity contribution < 1.29 is 13.2 Å². The molecule has 0 aliphatic heterocycles. The van der Waals surface area contributed by atoms with Crippen molar-refractivity contribution in [3.05, 3.63) is 40.9 Å². The summed E-state index contributed by atoms with van der Waals surface area (Å²) in [6.45, 7) is 0. The van der Waals surface area contributed by atoms with Gasteiger partial charge in [0.1, 0.15) is 0 Å². The van der Waals surface area contributed by atoms with Gasteiger partial charge in [0.15, 0.2) is 15.0 Å². The van der Waals surface area contributed by atoms with Crippen LogP contribution in [0, 0.1) is 0 Å². The number of aromatic nitrogens is 1. The zero-order valence-corrected chi connectivity index (χ0v) is 12.6. The van der Waals surface area contributed by atoms with E-state index in [1.54, 1.807) is 23.7 Å². The van der Waals surface area contributed by atoms with Crippen molar-refractivity contribution in [2.75, 3.05) is 11.1 Å². The monoisotopic (exact) mass is 330 g/mol. The number of benzene rings is 1. The number of hydrogen-bond donors (Lipinski definition) is 1. The maximum Gasteiger partial charge on any atom is 0.227 e. The van der Waals surface area contributed by atoms with E-state index in [0.717, 1.165) is 0 Å². The minimum atomic E-state index is -3.57. The summed E-state index contributed by atoms with van der Waals surface area (Å²) in [4.78, 5) is 15.6. The van der Waals surface area contributed by atoms with Crippen molar-refractivity contribution in [1.29, 1.82) is 0 Å². The molecule has 0 unspecified atom stereocenters. The quantitative estimate of drug-likeness (QED) is 0.914. The molecule has 2 rings (SSSR count). The number of rotatable bonds is 5. The van der Waals surface area contributed by atoms with Gasteiger partial charge < -0.3 is 5.32 Å². The summed E-state index contributed by atoms with van der Waals surface area (Å²) in [5, 5.41) is 4.86. The molecular formula is C12H11ClN2O3S2. The molecule has 0 saturated heterocycles. The van der Waals surface area contributed by atoms with E-state index in [0.29, 0.717) is 5.13 Å². The number of halogens is 1. The molecule has 8 heteroatoms. The molecule has 0 radical (unpaired) electrons. The second-order valence-corrected chi connectivity index (χ2v) is 7.26. The Labute approximate surface area is 125 Å². The third-order valence-corrected chi connectivity index (χ3v) is 5.35. The molecule has 1 amide bonds. The molecule has 106 valence electrons. The fraction of sp³-hybridized carbons (Fsp3) is 0.167. The lowest BCUT2D eigenvalue weighted by molar-refractivity contribution is -0.115. The van der Waals surface area contributed by atoms with Gasteiger partial charge in [-0.1, -0.05) is 23.7 Å². The average molecular weight is 331 g/mol. The van der Waals surface area contributed by atoms with Gasteiger partial charge in [0.25, 0.3) is 0 Å². The van der Waals surface area contributed by atoms with Gasteiger partial charge >= 0.3 is 0 Å². The van der Waals surface area contributed by atoms with Gasteiger partial charge in [-0.15, -0.1) is 11.3 Å². The van der Waals surface area contributed by atoms with Crippen molar-refractivity contribution in [2.45, 2.75) is 11.3 Å². The smallest absolute Gasteiger partial charge is 0.227 e. The summed E-state index contributed by atoms with van der Waals surface area (Å²) in [5.74, 6) is -0.691. The Morgan fingerprint density at radius 1 is 1.35 bits per heavy atom. The highest BCUT2D eigenvalue weighted by molar-refractivity contribution is 7.91. The summed E-state index contributed by atoms with van der Waals surface area (Å²) in [5.41, 5.74) is 0. The lowest BCUT2D eigenvalue weighted by atomic mass is 10.4. The zero-order valence-electron chi connectivity index (χ0n) is 10.2. The number of carbonyl (C=O) groups is 1. The number of sulfone groups is 1. The van der Waals surface area contributed by atoms with E-state index in [2.05, 4.69) is 10.3 Å². The molecule has 0 bridgehead atoms. The van der Waals surface area contributed by atoms with Gasteiger partial charge in [-0.3, -0.25) is 4.79 Å². The highest BCUT2D eigenvalue weighted by Gasteiger charge is 2.19. The van der Waals surface area contributed by atoms with Crippen LogP contribution in [0.4, 0.5) is 5.13 Å². The molecule has 1 N–H and O–H groups in total. The average Bonchev–Trinajstić information content (AvgIpc) is 2.90. The molecule has 0 fully saturated rings. The summed E-state index contributed by atoms with van der Waals surface area (Å²) in [6, 6.07) is 6.17. The third kappa shape index (κ3) is 3.78. The Balaban J connectivity index is 1.99. The van der Waals surface area contributed by atoms with Crippen LogP contribution < -0.4 is 5.32 Å². The first-order valence-corrected chi connectivity index (χ1v) is 8.56. The van der Waals surface area contributed by atoms with E-state index in [4.69, 9.17) is 11.6 Å². The SMILES string of the molecule is O=C(CCS(=O)(=O)c1ccccc1Cl)Nc1nccs1. The van der Waals surface area contributed by atoms with Gasteiger partial charge in [-0.25, -0.2) is 13.4 Å². The van der Waals surface area contributed by atoms with Crippen LogP contribution in [0.3, 0.4) is 0 Å². The van der Waals surface area contributed by atoms with E-state index >= 15 is 0 Å². The number of carbonyl (C=O) groups excluding carboxylic acids is 1. The Morgan fingerprint density at radius 2 is 2.10 bits per heavy atom. The second-order valence-electron chi connectivity index (χ2n) is 3.88. The standard InChI is InChI=1S/C12H11ClN2O3S2/c13-9-3-1-2-4-10(9)20(17,18)8-5-11(16)15-12-14-6-7-19-12/h1-4,6-7H,5,8H2,(H,14,15,16). The molecule has 20 heavy (non-hydrogen) atoms. The molecule has 0 saturated carbocycles. The summed E-state index contributed by atoms with van der Waals surface area (Å²) < 4.78 is 24.2. The predicted octanol–water partition coefficient (Wildman–Crippen LogP) is 2.60. The van der Waals surface area contributed by atoms with Crippen LogP contribution in [0.2, 0.25) is 5.02 Å². The van der Waals surface area contributed by atoms with Crippen molar-refractivity contribution in [1.82, 2.24) is 4.98 Å². The van der Waals surface area contributed by atoms with E-state index < -0.39 is 15.7 Å². The topological polar surface area (TPSA) is 76.1 Å². The molecule has 0 aliphatic carbocycles. The van der Waals surface area contributed by atoms with Crippen LogP contribution in [0.1, 0.15) is 6.42 Å². The second kappa shape index (κ2) is 6.34.